The molecule has 0 aromatic rings. The van der Waals surface area contributed by atoms with Crippen LogP contribution in [0.3, 0.4) is 0 Å². The van der Waals surface area contributed by atoms with Gasteiger partial charge in [-0.2, -0.15) is 0 Å². The average Bonchev–Trinajstić information content (AvgIpc) is 3.06. The van der Waals surface area contributed by atoms with Crippen LogP contribution in [0, 0.1) is 11.8 Å². The van der Waals surface area contributed by atoms with Gasteiger partial charge in [0.15, 0.2) is 5.78 Å². The highest BCUT2D eigenvalue weighted by Crippen LogP contribution is 2.51. The van der Waals surface area contributed by atoms with Gasteiger partial charge in [0, 0.05) is 29.6 Å². The second-order valence-electron chi connectivity index (χ2n) is 9.19. The SMILES string of the molecule is C/C=C(\C)C(=O)O[C@H]1CC(C)=C2C(=O)C=C(C)[C@H]2[C@@H]2OC(=O)[C@@](C)(OC(=O)C=C(C)C)[C@@H]21. The number of hydrogen-bond acceptors (Lipinski definition) is 7. The van der Waals surface area contributed by atoms with Crippen LogP contribution in [0.4, 0.5) is 0 Å². The van der Waals surface area contributed by atoms with E-state index < -0.39 is 47.6 Å². The van der Waals surface area contributed by atoms with Crippen molar-refractivity contribution in [1.82, 2.24) is 0 Å². The number of fused-ring (bicyclic) bond motifs is 3. The van der Waals surface area contributed by atoms with E-state index in [1.54, 1.807) is 39.8 Å². The van der Waals surface area contributed by atoms with Crippen LogP contribution >= 0.6 is 0 Å². The van der Waals surface area contributed by atoms with Gasteiger partial charge in [-0.05, 0) is 54.5 Å². The molecule has 0 radical (unpaired) electrons. The van der Waals surface area contributed by atoms with Gasteiger partial charge in [0.1, 0.15) is 12.2 Å². The number of carbonyl (C=O) groups excluding carboxylic acids is 4. The van der Waals surface area contributed by atoms with E-state index in [-0.39, 0.29) is 12.2 Å². The van der Waals surface area contributed by atoms with Gasteiger partial charge in [-0.15, -0.1) is 0 Å². The van der Waals surface area contributed by atoms with Crippen LogP contribution in [-0.4, -0.2) is 41.5 Å². The number of carbonyl (C=O) groups is 4. The van der Waals surface area contributed by atoms with Crippen molar-refractivity contribution < 1.29 is 33.4 Å². The molecule has 0 unspecified atom stereocenters. The molecule has 0 aromatic carbocycles. The van der Waals surface area contributed by atoms with Crippen LogP contribution in [-0.2, 0) is 33.4 Å². The van der Waals surface area contributed by atoms with Crippen molar-refractivity contribution in [3.63, 3.8) is 0 Å². The van der Waals surface area contributed by atoms with E-state index in [1.807, 2.05) is 13.8 Å². The molecular formula is C25H30O7. The van der Waals surface area contributed by atoms with Gasteiger partial charge in [-0.3, -0.25) is 4.79 Å². The van der Waals surface area contributed by atoms with E-state index in [0.717, 1.165) is 11.1 Å². The minimum Gasteiger partial charge on any atom is -0.458 e. The summed E-state index contributed by atoms with van der Waals surface area (Å²) in [5.41, 5.74) is 1.55. The lowest BCUT2D eigenvalue weighted by Gasteiger charge is -2.34. The quantitative estimate of drug-likeness (QED) is 0.373. The lowest BCUT2D eigenvalue weighted by atomic mass is 9.77. The van der Waals surface area contributed by atoms with E-state index >= 15 is 0 Å². The first kappa shape index (κ1) is 23.7. The van der Waals surface area contributed by atoms with E-state index in [9.17, 15) is 19.2 Å². The van der Waals surface area contributed by atoms with Crippen molar-refractivity contribution in [2.45, 2.75) is 72.7 Å². The van der Waals surface area contributed by atoms with Gasteiger partial charge in [0.2, 0.25) is 5.60 Å². The molecule has 0 spiro atoms. The smallest absolute Gasteiger partial charge is 0.351 e. The molecule has 5 atom stereocenters. The Labute approximate surface area is 188 Å². The zero-order valence-electron chi connectivity index (χ0n) is 19.6. The molecule has 1 fully saturated rings. The van der Waals surface area contributed by atoms with E-state index in [0.29, 0.717) is 16.7 Å². The summed E-state index contributed by atoms with van der Waals surface area (Å²) in [7, 11) is 0. The Hall–Kier alpha value is -2.96. The molecule has 3 aliphatic rings. The van der Waals surface area contributed by atoms with Gasteiger partial charge in [-0.25, -0.2) is 14.4 Å². The van der Waals surface area contributed by atoms with Crippen LogP contribution in [0.25, 0.3) is 0 Å². The fourth-order valence-corrected chi connectivity index (χ4v) is 4.85. The largest absolute Gasteiger partial charge is 0.458 e. The summed E-state index contributed by atoms with van der Waals surface area (Å²) >= 11 is 0. The van der Waals surface area contributed by atoms with Crippen LogP contribution in [0.5, 0.6) is 0 Å². The van der Waals surface area contributed by atoms with Crippen molar-refractivity contribution in [2.75, 3.05) is 0 Å². The molecule has 172 valence electrons. The molecule has 32 heavy (non-hydrogen) atoms. The van der Waals surface area contributed by atoms with Gasteiger partial charge in [0.05, 0.1) is 5.92 Å². The van der Waals surface area contributed by atoms with Crippen molar-refractivity contribution in [3.8, 4) is 0 Å². The monoisotopic (exact) mass is 442 g/mol. The minimum atomic E-state index is -1.68. The molecular weight excluding hydrogens is 412 g/mol. The third-order valence-corrected chi connectivity index (χ3v) is 6.49. The molecule has 3 rings (SSSR count). The molecule has 7 heteroatoms. The van der Waals surface area contributed by atoms with Crippen molar-refractivity contribution in [2.24, 2.45) is 11.8 Å². The first-order chi connectivity index (χ1) is 14.9. The average molecular weight is 443 g/mol. The number of esters is 3. The van der Waals surface area contributed by atoms with Crippen LogP contribution in [0.1, 0.15) is 54.9 Å². The molecule has 7 nitrogen and oxygen atoms in total. The summed E-state index contributed by atoms with van der Waals surface area (Å²) in [4.78, 5) is 51.0. The molecule has 0 amide bonds. The van der Waals surface area contributed by atoms with E-state index in [2.05, 4.69) is 0 Å². The molecule has 0 bridgehead atoms. The van der Waals surface area contributed by atoms with Crippen molar-refractivity contribution >= 4 is 23.7 Å². The van der Waals surface area contributed by atoms with Crippen LogP contribution < -0.4 is 0 Å². The second kappa shape index (κ2) is 8.52. The summed E-state index contributed by atoms with van der Waals surface area (Å²) in [5, 5.41) is 0. The highest BCUT2D eigenvalue weighted by Gasteiger charge is 2.65. The third-order valence-electron chi connectivity index (χ3n) is 6.49. The van der Waals surface area contributed by atoms with Crippen LogP contribution in [0.15, 0.2) is 46.1 Å². The predicted molar refractivity (Wildman–Crippen MR) is 116 cm³/mol. The zero-order valence-corrected chi connectivity index (χ0v) is 19.6. The van der Waals surface area contributed by atoms with Crippen molar-refractivity contribution in [1.29, 1.82) is 0 Å². The Kier molecular flexibility index (Phi) is 6.31. The summed E-state index contributed by atoms with van der Waals surface area (Å²) in [6, 6.07) is 0. The van der Waals surface area contributed by atoms with E-state index in [4.69, 9.17) is 14.2 Å². The predicted octanol–water partition coefficient (Wildman–Crippen LogP) is 3.54. The normalized spacial score (nSPS) is 31.8. The number of hydrogen-bond donors (Lipinski definition) is 0. The minimum absolute atomic E-state index is 0.133. The lowest BCUT2D eigenvalue weighted by Crippen LogP contribution is -2.50. The highest BCUT2D eigenvalue weighted by molar-refractivity contribution is 6.09. The molecule has 2 aliphatic carbocycles. The van der Waals surface area contributed by atoms with Gasteiger partial charge in [0.25, 0.3) is 0 Å². The molecule has 0 saturated carbocycles. The Balaban J connectivity index is 2.11. The Morgan fingerprint density at radius 3 is 2.44 bits per heavy atom. The number of ether oxygens (including phenoxy) is 3. The highest BCUT2D eigenvalue weighted by atomic mass is 16.6. The lowest BCUT2D eigenvalue weighted by molar-refractivity contribution is -0.174. The summed E-state index contributed by atoms with van der Waals surface area (Å²) in [6.07, 6.45) is 3.09. The van der Waals surface area contributed by atoms with E-state index in [1.165, 1.54) is 13.0 Å². The summed E-state index contributed by atoms with van der Waals surface area (Å²) < 4.78 is 17.3. The fraction of sp³-hybridized carbons (Fsp3) is 0.520. The fourth-order valence-electron chi connectivity index (χ4n) is 4.85. The topological polar surface area (TPSA) is 96.0 Å². The molecule has 0 aromatic heterocycles. The Morgan fingerprint density at radius 2 is 1.84 bits per heavy atom. The van der Waals surface area contributed by atoms with Gasteiger partial charge >= 0.3 is 17.9 Å². The molecule has 1 aliphatic heterocycles. The standard InChI is InChI=1S/C25H30O7/c1-8-13(4)23(28)30-17-11-15(6)19-16(26)10-14(5)20(19)22-21(17)25(7,24(29)31-22)32-18(27)9-12(2)3/h8-10,17,20-22H,11H2,1-7H3/b13-8+/t17-,20+,21+,22-,25-/m0/s1. The summed E-state index contributed by atoms with van der Waals surface area (Å²) in [6.45, 7) is 12.0. The van der Waals surface area contributed by atoms with Crippen LogP contribution in [0.2, 0.25) is 0 Å². The third kappa shape index (κ3) is 3.96. The van der Waals surface area contributed by atoms with Crippen molar-refractivity contribution in [3.05, 3.63) is 46.1 Å². The first-order valence-corrected chi connectivity index (χ1v) is 10.8. The molecule has 1 heterocycles. The Bertz CT molecular complexity index is 1010. The van der Waals surface area contributed by atoms with Gasteiger partial charge < -0.3 is 14.2 Å². The number of rotatable bonds is 4. The second-order valence-corrected chi connectivity index (χ2v) is 9.19. The first-order valence-electron chi connectivity index (χ1n) is 10.8. The zero-order chi connectivity index (χ0) is 24.0. The maximum Gasteiger partial charge on any atom is 0.351 e. The molecule has 0 N–H and O–H groups in total. The molecule has 1 saturated heterocycles. The van der Waals surface area contributed by atoms with Gasteiger partial charge in [-0.1, -0.05) is 22.8 Å². The maximum atomic E-state index is 13.1. The maximum absolute atomic E-state index is 13.1. The number of ketones is 1. The summed E-state index contributed by atoms with van der Waals surface area (Å²) in [5.74, 6) is -3.30. The Morgan fingerprint density at radius 1 is 1.19 bits per heavy atom. The number of allylic oxidation sites excluding steroid dienone is 3.